The van der Waals surface area contributed by atoms with Gasteiger partial charge >= 0.3 is 6.09 Å². The van der Waals surface area contributed by atoms with Gasteiger partial charge in [0.05, 0.1) is 48.1 Å². The Kier molecular flexibility index (Phi) is 18.7. The van der Waals surface area contributed by atoms with Gasteiger partial charge in [0.25, 0.3) is 0 Å². The van der Waals surface area contributed by atoms with Gasteiger partial charge in [-0.25, -0.2) is 4.79 Å². The van der Waals surface area contributed by atoms with Crippen LogP contribution >= 0.6 is 0 Å². The number of aliphatic hydroxyl groups excluding tert-OH is 2. The highest BCUT2D eigenvalue weighted by atomic mass is 16.7. The number of carbonyl (C=O) groups excluding carboxylic acids is 8. The summed E-state index contributed by atoms with van der Waals surface area (Å²) in [7, 11) is 1.29. The van der Waals surface area contributed by atoms with Crippen molar-refractivity contribution in [2.24, 2.45) is 17.6 Å². The number of nitrogens with two attached hydrogens (primary N) is 1. The molecule has 1 aliphatic heterocycles. The number of unbranched alkanes of at least 4 members (excludes halogenated alkanes) is 1. The van der Waals surface area contributed by atoms with Crippen LogP contribution in [0.2, 0.25) is 0 Å². The van der Waals surface area contributed by atoms with Gasteiger partial charge in [0.2, 0.25) is 17.6 Å². The average molecular weight is 1030 g/mol. The molecule has 1 fully saturated rings. The van der Waals surface area contributed by atoms with Gasteiger partial charge in [0, 0.05) is 67.6 Å². The van der Waals surface area contributed by atoms with Crippen LogP contribution in [0.4, 0.5) is 4.79 Å². The second-order valence-corrected chi connectivity index (χ2v) is 19.5. The quantitative estimate of drug-likeness (QED) is 0.0281. The Bertz CT molecular complexity index is 2670. The summed E-state index contributed by atoms with van der Waals surface area (Å²) in [4.78, 5) is 105. The second kappa shape index (κ2) is 24.5. The molecule has 0 bridgehead atoms. The molecule has 74 heavy (non-hydrogen) atoms. The molecular weight excluding hydrogens is 963 g/mol. The molecule has 1 saturated heterocycles. The molecular formula is C54H65N3O17. The van der Waals surface area contributed by atoms with Crippen molar-refractivity contribution in [3.8, 4) is 17.2 Å². The first kappa shape index (κ1) is 56.5. The fourth-order valence-electron chi connectivity index (χ4n) is 9.76. The number of nitrogens with one attached hydrogen (secondary N) is 2. The Hall–Kier alpha value is -6.84. The Labute approximate surface area is 427 Å². The number of aliphatic hydroxyl groups is 3. The molecule has 20 nitrogen and oxygen atoms in total. The van der Waals surface area contributed by atoms with Crippen LogP contribution in [-0.2, 0) is 57.6 Å². The van der Waals surface area contributed by atoms with E-state index >= 15 is 0 Å². The number of aromatic hydroxyl groups is 2. The van der Waals surface area contributed by atoms with E-state index < -0.39 is 126 Å². The van der Waals surface area contributed by atoms with Crippen LogP contribution in [0, 0.1) is 11.8 Å². The van der Waals surface area contributed by atoms with Crippen LogP contribution in [0.25, 0.3) is 0 Å². The summed E-state index contributed by atoms with van der Waals surface area (Å²) >= 11 is 0. The molecule has 8 atom stereocenters. The standard InChI is InChI=1S/C54H65N3O17/c1-6-7-11-31(59)21-33(27(2)3)52(68)56-35(13-8-9-15-41(55)62)37(60)20-29-16-18-30(19-17-29)26-72-53(69)57-36-22-42(73-28(4)47(36)63)74-39-24-54(70,40(61)25-58)23-34-44(39)51(67)46-45(49(34)65)48(64)32-12-10-14-38(71-5)43(32)50(46)66/h6,10,12,14,16-19,27-28,33,35-36,39,42,47,58,63,65,67,70H,1,7-9,11,13,15,20-26H2,2-5H3,(H2,55,62)(H,56,68)(H,57,69)/t28?,33-,35-,36?,39-,42?,47?,54-/m0/s1. The Morgan fingerprint density at radius 1 is 0.959 bits per heavy atom. The van der Waals surface area contributed by atoms with E-state index in [0.717, 1.165) is 0 Å². The number of carbonyl (C=O) groups is 8. The molecule has 398 valence electrons. The number of hydrogen-bond acceptors (Lipinski definition) is 17. The fourth-order valence-corrected chi connectivity index (χ4v) is 9.76. The molecule has 3 amide bonds. The maximum absolute atomic E-state index is 14.0. The van der Waals surface area contributed by atoms with Crippen molar-refractivity contribution in [1.82, 2.24) is 10.6 Å². The maximum Gasteiger partial charge on any atom is 0.407 e. The SMILES string of the molecule is C=CCCC(=O)C[C@H](C(=O)N[C@@H](CCCCC(N)=O)C(=O)Cc1ccc(COC(=O)NC2CC(O[C@H]3C[C@](O)(C(=O)CO)Cc4c(O)c5c(c(O)c43)C(=O)c3c(OC)cccc3C5=O)OC(C)C2O)cc1)C(C)C. The minimum atomic E-state index is -2.40. The van der Waals surface area contributed by atoms with E-state index in [1.165, 1.54) is 32.2 Å². The van der Waals surface area contributed by atoms with E-state index in [1.54, 1.807) is 30.3 Å². The smallest absolute Gasteiger partial charge is 0.407 e. The molecule has 0 aromatic heterocycles. The van der Waals surface area contributed by atoms with Gasteiger partial charge < -0.3 is 60.8 Å². The number of alkyl carbamates (subject to hydrolysis) is 1. The molecule has 1 heterocycles. The zero-order valence-corrected chi connectivity index (χ0v) is 41.8. The summed E-state index contributed by atoms with van der Waals surface area (Å²) in [5, 5.41) is 61.6. The Balaban J connectivity index is 1.12. The first-order chi connectivity index (χ1) is 35.1. The van der Waals surface area contributed by atoms with Gasteiger partial charge in [-0.2, -0.15) is 0 Å². The maximum atomic E-state index is 14.0. The van der Waals surface area contributed by atoms with Gasteiger partial charge in [-0.05, 0) is 49.3 Å². The molecule has 0 spiro atoms. The van der Waals surface area contributed by atoms with Crippen LogP contribution in [0.1, 0.15) is 139 Å². The van der Waals surface area contributed by atoms with Crippen molar-refractivity contribution < 1.29 is 82.8 Å². The Morgan fingerprint density at radius 3 is 2.30 bits per heavy atom. The lowest BCUT2D eigenvalue weighted by Crippen LogP contribution is -2.56. The molecule has 9 N–H and O–H groups in total. The van der Waals surface area contributed by atoms with E-state index in [-0.39, 0.29) is 90.6 Å². The third-order valence-corrected chi connectivity index (χ3v) is 13.9. The summed E-state index contributed by atoms with van der Waals surface area (Å²) in [5.41, 5.74) is 2.10. The van der Waals surface area contributed by atoms with Gasteiger partial charge in [0.15, 0.2) is 23.6 Å². The normalized spacial score (nSPS) is 21.8. The number of phenols is 2. The molecule has 4 unspecified atom stereocenters. The predicted molar refractivity (Wildman–Crippen MR) is 263 cm³/mol. The summed E-state index contributed by atoms with van der Waals surface area (Å²) in [6, 6.07) is 8.88. The fraction of sp³-hybridized carbons (Fsp3) is 0.481. The van der Waals surface area contributed by atoms with Gasteiger partial charge in [0.1, 0.15) is 48.0 Å². The minimum Gasteiger partial charge on any atom is -0.507 e. The number of ether oxygens (including phenoxy) is 4. The lowest BCUT2D eigenvalue weighted by Gasteiger charge is -2.42. The molecule has 2 aliphatic carbocycles. The number of ketones is 5. The second-order valence-electron chi connectivity index (χ2n) is 19.5. The number of methoxy groups -OCH3 is 1. The van der Waals surface area contributed by atoms with Gasteiger partial charge in [-0.15, -0.1) is 6.58 Å². The Morgan fingerprint density at radius 2 is 1.65 bits per heavy atom. The topological polar surface area (TPSA) is 325 Å². The molecule has 3 aromatic carbocycles. The first-order valence-electron chi connectivity index (χ1n) is 24.6. The minimum absolute atomic E-state index is 0.0219. The molecule has 0 saturated carbocycles. The number of phenolic OH excluding ortho intramolecular Hbond substituents is 2. The van der Waals surface area contributed by atoms with E-state index in [2.05, 4.69) is 17.2 Å². The number of fused-ring (bicyclic) bond motifs is 3. The third kappa shape index (κ3) is 12.7. The largest absolute Gasteiger partial charge is 0.507 e. The number of allylic oxidation sites excluding steroid dienone is 1. The third-order valence-electron chi connectivity index (χ3n) is 13.9. The van der Waals surface area contributed by atoms with Gasteiger partial charge in [-0.3, -0.25) is 33.6 Å². The highest BCUT2D eigenvalue weighted by Gasteiger charge is 2.50. The van der Waals surface area contributed by atoms with Crippen LogP contribution < -0.4 is 21.1 Å². The number of benzene rings is 3. The molecule has 6 rings (SSSR count). The molecule has 3 aliphatic rings. The number of primary amides is 1. The van der Waals surface area contributed by atoms with Crippen LogP contribution in [0.5, 0.6) is 17.2 Å². The number of rotatable bonds is 24. The van der Waals surface area contributed by atoms with E-state index in [0.29, 0.717) is 30.4 Å². The van der Waals surface area contributed by atoms with Crippen LogP contribution in [-0.4, -0.2) is 122 Å². The van der Waals surface area contributed by atoms with E-state index in [1.807, 2.05) is 13.8 Å². The zero-order chi connectivity index (χ0) is 54.2. The van der Waals surface area contributed by atoms with Crippen molar-refractivity contribution in [3.63, 3.8) is 0 Å². The van der Waals surface area contributed by atoms with Crippen LogP contribution in [0.15, 0.2) is 55.1 Å². The summed E-state index contributed by atoms with van der Waals surface area (Å²) in [6.45, 7) is 7.43. The van der Waals surface area contributed by atoms with Crippen molar-refractivity contribution in [1.29, 1.82) is 0 Å². The highest BCUT2D eigenvalue weighted by molar-refractivity contribution is 6.31. The van der Waals surface area contributed by atoms with Crippen molar-refractivity contribution in [2.75, 3.05) is 13.7 Å². The summed E-state index contributed by atoms with van der Waals surface area (Å²) < 4.78 is 23.0. The molecule has 0 radical (unpaired) electrons. The number of hydrogen-bond donors (Lipinski definition) is 8. The monoisotopic (exact) mass is 1030 g/mol. The lowest BCUT2D eigenvalue weighted by atomic mass is 9.72. The summed E-state index contributed by atoms with van der Waals surface area (Å²) in [5.74, 6) is -6.39. The average Bonchev–Trinajstić information content (AvgIpc) is 3.36. The van der Waals surface area contributed by atoms with Crippen molar-refractivity contribution >= 4 is 46.8 Å². The number of amides is 3. The molecule has 3 aromatic rings. The van der Waals surface area contributed by atoms with Crippen molar-refractivity contribution in [2.45, 2.75) is 140 Å². The highest BCUT2D eigenvalue weighted by Crippen LogP contribution is 2.52. The zero-order valence-electron chi connectivity index (χ0n) is 41.8. The van der Waals surface area contributed by atoms with Gasteiger partial charge in [-0.1, -0.05) is 62.7 Å². The van der Waals surface area contributed by atoms with Crippen molar-refractivity contribution in [3.05, 3.63) is 99.6 Å². The van der Waals surface area contributed by atoms with Crippen LogP contribution in [0.3, 0.4) is 0 Å². The van der Waals surface area contributed by atoms with E-state index in [4.69, 9.17) is 24.7 Å². The molecule has 20 heteroatoms. The predicted octanol–water partition coefficient (Wildman–Crippen LogP) is 3.81. The van der Waals surface area contributed by atoms with E-state index in [9.17, 15) is 63.9 Å². The lowest BCUT2D eigenvalue weighted by molar-refractivity contribution is -0.249. The summed E-state index contributed by atoms with van der Waals surface area (Å²) in [6.07, 6.45) is -4.16. The first-order valence-corrected chi connectivity index (χ1v) is 24.6. The number of Topliss-reactive ketones (excluding diaryl/α,β-unsaturated/α-hetero) is 3.